The number of carbonyl (C=O) groups is 2. The van der Waals surface area contributed by atoms with Gasteiger partial charge in [-0.25, -0.2) is 8.42 Å². The van der Waals surface area contributed by atoms with Crippen LogP contribution in [0.5, 0.6) is 5.75 Å². The summed E-state index contributed by atoms with van der Waals surface area (Å²) in [6, 6.07) is 21.6. The maximum Gasteiger partial charge on any atom is 0.264 e. The first-order valence-corrected chi connectivity index (χ1v) is 15.7. The van der Waals surface area contributed by atoms with Crippen LogP contribution in [0.15, 0.2) is 88.2 Å². The van der Waals surface area contributed by atoms with E-state index >= 15 is 0 Å². The van der Waals surface area contributed by atoms with Gasteiger partial charge in [-0.3, -0.25) is 13.9 Å². The number of hydrogen-bond donors (Lipinski definition) is 1. The molecule has 0 unspecified atom stereocenters. The van der Waals surface area contributed by atoms with Crippen molar-refractivity contribution in [2.24, 2.45) is 0 Å². The molecule has 0 heterocycles. The molecule has 41 heavy (non-hydrogen) atoms. The Labute approximate surface area is 251 Å². The predicted molar refractivity (Wildman–Crippen MR) is 166 cm³/mol. The lowest BCUT2D eigenvalue weighted by atomic mass is 10.1. The van der Waals surface area contributed by atoms with Gasteiger partial charge in [0.25, 0.3) is 10.0 Å². The van der Waals surface area contributed by atoms with E-state index in [0.717, 1.165) is 14.3 Å². The van der Waals surface area contributed by atoms with E-state index in [9.17, 15) is 18.0 Å². The average Bonchev–Trinajstić information content (AvgIpc) is 2.92. The number of rotatable bonds is 12. The van der Waals surface area contributed by atoms with Crippen LogP contribution in [0.2, 0.25) is 0 Å². The Morgan fingerprint density at radius 2 is 1.56 bits per heavy atom. The molecular formula is C31H38BrN3O5S. The highest BCUT2D eigenvalue weighted by atomic mass is 79.9. The number of halogens is 1. The van der Waals surface area contributed by atoms with Crippen LogP contribution in [0, 0.1) is 0 Å². The molecule has 0 spiro atoms. The molecule has 0 aliphatic carbocycles. The van der Waals surface area contributed by atoms with Crippen molar-refractivity contribution in [1.82, 2.24) is 10.2 Å². The summed E-state index contributed by atoms with van der Waals surface area (Å²) in [6.07, 6.45) is 0.502. The third kappa shape index (κ3) is 9.06. The molecule has 3 aromatic rings. The summed E-state index contributed by atoms with van der Waals surface area (Å²) >= 11 is 3.34. The zero-order chi connectivity index (χ0) is 30.2. The molecular weight excluding hydrogens is 606 g/mol. The number of nitrogens with one attached hydrogen (secondary N) is 1. The molecule has 0 aliphatic heterocycles. The predicted octanol–water partition coefficient (Wildman–Crippen LogP) is 5.42. The Hall–Kier alpha value is -3.37. The minimum atomic E-state index is -4.14. The Bertz CT molecular complexity index is 1410. The molecule has 0 saturated carbocycles. The van der Waals surface area contributed by atoms with Gasteiger partial charge in [-0.05, 0) is 95.1 Å². The van der Waals surface area contributed by atoms with E-state index in [1.165, 1.54) is 17.0 Å². The van der Waals surface area contributed by atoms with Gasteiger partial charge in [0.2, 0.25) is 11.8 Å². The van der Waals surface area contributed by atoms with Crippen molar-refractivity contribution in [2.75, 3.05) is 24.0 Å². The summed E-state index contributed by atoms with van der Waals surface area (Å²) < 4.78 is 35.2. The van der Waals surface area contributed by atoms with Crippen LogP contribution < -0.4 is 14.4 Å². The minimum absolute atomic E-state index is 0.0387. The van der Waals surface area contributed by atoms with Gasteiger partial charge in [0.05, 0.1) is 17.2 Å². The number of benzene rings is 3. The zero-order valence-electron chi connectivity index (χ0n) is 24.1. The Morgan fingerprint density at radius 3 is 2.12 bits per heavy atom. The van der Waals surface area contributed by atoms with Crippen LogP contribution in [0.3, 0.4) is 0 Å². The summed E-state index contributed by atoms with van der Waals surface area (Å²) in [5.74, 6) is -0.227. The molecule has 3 rings (SSSR count). The van der Waals surface area contributed by atoms with Crippen molar-refractivity contribution in [1.29, 1.82) is 0 Å². The second-order valence-electron chi connectivity index (χ2n) is 10.6. The van der Waals surface area contributed by atoms with Gasteiger partial charge in [-0.15, -0.1) is 0 Å². The number of ether oxygens (including phenoxy) is 1. The molecule has 0 bridgehead atoms. The molecule has 0 aliphatic rings. The van der Waals surface area contributed by atoms with Gasteiger partial charge in [0.1, 0.15) is 18.3 Å². The summed E-state index contributed by atoms with van der Waals surface area (Å²) in [5.41, 5.74) is 0.803. The third-order valence-corrected chi connectivity index (χ3v) is 8.58. The standard InChI is InChI=1S/C31H38BrN3O5S/c1-6-40-27-16-14-26(15-17-27)35(41(38,39)28-18-12-25(32)13-19-28)22-29(36)34(21-20-24-10-8-7-9-11-24)23(2)30(37)33-31(3,4)5/h7-19,23H,6,20-22H2,1-5H3,(H,33,37)/t23-/m0/s1. The molecule has 10 heteroatoms. The SMILES string of the molecule is CCOc1ccc(N(CC(=O)N(CCc2ccccc2)[C@@H](C)C(=O)NC(C)(C)C)S(=O)(=O)c2ccc(Br)cc2)cc1. The molecule has 2 amide bonds. The van der Waals surface area contributed by atoms with E-state index in [1.54, 1.807) is 43.3 Å². The number of anilines is 1. The Balaban J connectivity index is 1.99. The highest BCUT2D eigenvalue weighted by molar-refractivity contribution is 9.10. The number of amides is 2. The van der Waals surface area contributed by atoms with Gasteiger partial charge in [0.15, 0.2) is 0 Å². The Kier molecular flexibility index (Phi) is 11.0. The van der Waals surface area contributed by atoms with Crippen LogP contribution in [-0.4, -0.2) is 56.4 Å². The fourth-order valence-corrected chi connectivity index (χ4v) is 5.86. The minimum Gasteiger partial charge on any atom is -0.494 e. The van der Waals surface area contributed by atoms with E-state index in [-0.39, 0.29) is 17.3 Å². The van der Waals surface area contributed by atoms with Gasteiger partial charge in [-0.2, -0.15) is 0 Å². The molecule has 1 N–H and O–H groups in total. The fraction of sp³-hybridized carbons (Fsp3) is 0.355. The van der Waals surface area contributed by atoms with E-state index < -0.39 is 34.1 Å². The van der Waals surface area contributed by atoms with E-state index in [4.69, 9.17) is 4.74 Å². The Morgan fingerprint density at radius 1 is 0.951 bits per heavy atom. The van der Waals surface area contributed by atoms with Crippen LogP contribution in [-0.2, 0) is 26.0 Å². The highest BCUT2D eigenvalue weighted by Gasteiger charge is 2.33. The molecule has 0 radical (unpaired) electrons. The molecule has 1 atom stereocenters. The normalized spacial score (nSPS) is 12.3. The monoisotopic (exact) mass is 643 g/mol. The van der Waals surface area contributed by atoms with Crippen molar-refractivity contribution < 1.29 is 22.7 Å². The van der Waals surface area contributed by atoms with E-state index in [0.29, 0.717) is 24.5 Å². The lowest BCUT2D eigenvalue weighted by molar-refractivity contribution is -0.139. The van der Waals surface area contributed by atoms with Crippen molar-refractivity contribution in [3.05, 3.63) is 88.9 Å². The third-order valence-electron chi connectivity index (χ3n) is 6.27. The van der Waals surface area contributed by atoms with Gasteiger partial charge in [0, 0.05) is 16.6 Å². The highest BCUT2D eigenvalue weighted by Crippen LogP contribution is 2.27. The van der Waals surface area contributed by atoms with Gasteiger partial charge >= 0.3 is 0 Å². The number of hydrogen-bond acceptors (Lipinski definition) is 5. The molecule has 0 aromatic heterocycles. The summed E-state index contributed by atoms with van der Waals surface area (Å²) in [5, 5.41) is 2.93. The zero-order valence-corrected chi connectivity index (χ0v) is 26.5. The lowest BCUT2D eigenvalue weighted by Crippen LogP contribution is -2.55. The van der Waals surface area contributed by atoms with Crippen LogP contribution in [0.1, 0.15) is 40.2 Å². The van der Waals surface area contributed by atoms with E-state index in [1.807, 2.05) is 58.0 Å². The quantitative estimate of drug-likeness (QED) is 0.284. The molecule has 0 fully saturated rings. The first-order valence-electron chi connectivity index (χ1n) is 13.5. The smallest absolute Gasteiger partial charge is 0.264 e. The molecule has 8 nitrogen and oxygen atoms in total. The fourth-order valence-electron chi connectivity index (χ4n) is 4.18. The second kappa shape index (κ2) is 14.0. The first-order chi connectivity index (χ1) is 19.3. The first kappa shape index (κ1) is 32.1. The van der Waals surface area contributed by atoms with E-state index in [2.05, 4.69) is 21.2 Å². The van der Waals surface area contributed by atoms with Crippen LogP contribution in [0.25, 0.3) is 0 Å². The molecule has 220 valence electrons. The number of carbonyl (C=O) groups excluding carboxylic acids is 2. The van der Waals surface area contributed by atoms with Crippen molar-refractivity contribution >= 4 is 43.5 Å². The maximum absolute atomic E-state index is 14.0. The van der Waals surface area contributed by atoms with Crippen LogP contribution in [0.4, 0.5) is 5.69 Å². The second-order valence-corrected chi connectivity index (χ2v) is 13.4. The average molecular weight is 645 g/mol. The molecule has 0 saturated heterocycles. The van der Waals surface area contributed by atoms with Gasteiger partial charge in [-0.1, -0.05) is 46.3 Å². The lowest BCUT2D eigenvalue weighted by Gasteiger charge is -2.33. The summed E-state index contributed by atoms with van der Waals surface area (Å²) in [6.45, 7) is 9.33. The topological polar surface area (TPSA) is 96.0 Å². The molecule has 3 aromatic carbocycles. The van der Waals surface area contributed by atoms with Crippen LogP contribution >= 0.6 is 15.9 Å². The van der Waals surface area contributed by atoms with Gasteiger partial charge < -0.3 is 15.0 Å². The summed E-state index contributed by atoms with van der Waals surface area (Å²) in [7, 11) is -4.14. The maximum atomic E-state index is 14.0. The largest absolute Gasteiger partial charge is 0.494 e. The summed E-state index contributed by atoms with van der Waals surface area (Å²) in [4.78, 5) is 28.6. The van der Waals surface area contributed by atoms with Crippen molar-refractivity contribution in [3.63, 3.8) is 0 Å². The number of sulfonamides is 1. The number of nitrogens with zero attached hydrogens (tertiary/aromatic N) is 2. The van der Waals surface area contributed by atoms with Crippen molar-refractivity contribution in [2.45, 2.75) is 57.5 Å². The van der Waals surface area contributed by atoms with Crippen molar-refractivity contribution in [3.8, 4) is 5.75 Å².